The SMILES string of the molecule is CC[C@@H]1CN(C(=O)c2ccccc2)CC[C@H]1CC(=O)NCc1ccc(OC)c(OC)c1. The zero-order chi connectivity index (χ0) is 22.2. The van der Waals surface area contributed by atoms with Crippen LogP contribution in [-0.2, 0) is 11.3 Å². The molecule has 6 nitrogen and oxygen atoms in total. The van der Waals surface area contributed by atoms with Gasteiger partial charge in [0, 0.05) is 31.6 Å². The molecule has 0 spiro atoms. The number of rotatable bonds is 8. The summed E-state index contributed by atoms with van der Waals surface area (Å²) >= 11 is 0. The van der Waals surface area contributed by atoms with E-state index in [-0.39, 0.29) is 17.7 Å². The monoisotopic (exact) mass is 424 g/mol. The molecule has 1 N–H and O–H groups in total. The van der Waals surface area contributed by atoms with Crippen LogP contribution in [0.5, 0.6) is 11.5 Å². The molecule has 166 valence electrons. The molecule has 1 saturated heterocycles. The number of likely N-dealkylation sites (tertiary alicyclic amines) is 1. The molecule has 0 bridgehead atoms. The summed E-state index contributed by atoms with van der Waals surface area (Å²) in [5, 5.41) is 3.02. The third-order valence-corrected chi connectivity index (χ3v) is 6.11. The van der Waals surface area contributed by atoms with E-state index in [1.54, 1.807) is 14.2 Å². The van der Waals surface area contributed by atoms with Crippen LogP contribution in [0.1, 0.15) is 42.1 Å². The Bertz CT molecular complexity index is 884. The number of ether oxygens (including phenoxy) is 2. The molecule has 2 aromatic rings. The summed E-state index contributed by atoms with van der Waals surface area (Å²) < 4.78 is 10.6. The molecule has 0 radical (unpaired) electrons. The molecule has 3 rings (SSSR count). The average molecular weight is 425 g/mol. The Morgan fingerprint density at radius 2 is 1.77 bits per heavy atom. The van der Waals surface area contributed by atoms with Gasteiger partial charge in [0.05, 0.1) is 14.2 Å². The van der Waals surface area contributed by atoms with Crippen LogP contribution >= 0.6 is 0 Å². The molecule has 2 aromatic carbocycles. The number of nitrogens with zero attached hydrogens (tertiary/aromatic N) is 1. The van der Waals surface area contributed by atoms with Crippen molar-refractivity contribution in [1.82, 2.24) is 10.2 Å². The van der Waals surface area contributed by atoms with Crippen LogP contribution in [0.3, 0.4) is 0 Å². The highest BCUT2D eigenvalue weighted by Gasteiger charge is 2.32. The third-order valence-electron chi connectivity index (χ3n) is 6.11. The predicted molar refractivity (Wildman–Crippen MR) is 120 cm³/mol. The molecule has 1 heterocycles. The molecule has 2 atom stereocenters. The summed E-state index contributed by atoms with van der Waals surface area (Å²) in [7, 11) is 3.20. The van der Waals surface area contributed by atoms with Crippen LogP contribution in [0.15, 0.2) is 48.5 Å². The van der Waals surface area contributed by atoms with E-state index in [0.29, 0.717) is 43.5 Å². The van der Waals surface area contributed by atoms with Crippen LogP contribution in [-0.4, -0.2) is 44.0 Å². The Morgan fingerprint density at radius 3 is 2.45 bits per heavy atom. The lowest BCUT2D eigenvalue weighted by atomic mass is 9.81. The lowest BCUT2D eigenvalue weighted by Gasteiger charge is -2.38. The van der Waals surface area contributed by atoms with E-state index >= 15 is 0 Å². The van der Waals surface area contributed by atoms with Crippen LogP contribution in [0.4, 0.5) is 0 Å². The molecule has 1 aliphatic heterocycles. The molecule has 1 fully saturated rings. The van der Waals surface area contributed by atoms with Gasteiger partial charge in [-0.3, -0.25) is 9.59 Å². The summed E-state index contributed by atoms with van der Waals surface area (Å²) in [4.78, 5) is 27.3. The molecule has 2 amide bonds. The van der Waals surface area contributed by atoms with E-state index in [2.05, 4.69) is 12.2 Å². The Morgan fingerprint density at radius 1 is 1.03 bits per heavy atom. The molecular weight excluding hydrogens is 392 g/mol. The molecule has 0 saturated carbocycles. The number of benzene rings is 2. The normalized spacial score (nSPS) is 18.4. The highest BCUT2D eigenvalue weighted by molar-refractivity contribution is 5.94. The van der Waals surface area contributed by atoms with Gasteiger partial charge in [-0.2, -0.15) is 0 Å². The smallest absolute Gasteiger partial charge is 0.253 e. The summed E-state index contributed by atoms with van der Waals surface area (Å²) in [5.74, 6) is 2.05. The van der Waals surface area contributed by atoms with Crippen molar-refractivity contribution in [3.63, 3.8) is 0 Å². The van der Waals surface area contributed by atoms with Gasteiger partial charge in [0.2, 0.25) is 5.91 Å². The van der Waals surface area contributed by atoms with E-state index < -0.39 is 0 Å². The molecule has 0 unspecified atom stereocenters. The Kier molecular flexibility index (Phi) is 7.93. The van der Waals surface area contributed by atoms with Gasteiger partial charge in [-0.1, -0.05) is 37.6 Å². The molecule has 31 heavy (non-hydrogen) atoms. The van der Waals surface area contributed by atoms with E-state index in [1.165, 1.54) is 0 Å². The van der Waals surface area contributed by atoms with Gasteiger partial charge >= 0.3 is 0 Å². The maximum atomic E-state index is 12.8. The first kappa shape index (κ1) is 22.7. The second kappa shape index (κ2) is 10.8. The van der Waals surface area contributed by atoms with Crippen LogP contribution < -0.4 is 14.8 Å². The fraction of sp³-hybridized carbons (Fsp3) is 0.440. The van der Waals surface area contributed by atoms with Gasteiger partial charge in [0.1, 0.15) is 0 Å². The van der Waals surface area contributed by atoms with Gasteiger partial charge in [-0.15, -0.1) is 0 Å². The number of piperidine rings is 1. The first-order valence-electron chi connectivity index (χ1n) is 10.9. The van der Waals surface area contributed by atoms with Crippen LogP contribution in [0, 0.1) is 11.8 Å². The largest absolute Gasteiger partial charge is 0.493 e. The summed E-state index contributed by atoms with van der Waals surface area (Å²) in [6, 6.07) is 15.0. The maximum absolute atomic E-state index is 12.8. The van der Waals surface area contributed by atoms with Gasteiger partial charge < -0.3 is 19.7 Å². The summed E-state index contributed by atoms with van der Waals surface area (Å²) in [6.45, 7) is 3.98. The Balaban J connectivity index is 1.53. The topological polar surface area (TPSA) is 67.9 Å². The fourth-order valence-electron chi connectivity index (χ4n) is 4.26. The van der Waals surface area contributed by atoms with Crippen molar-refractivity contribution in [2.75, 3.05) is 27.3 Å². The molecule has 6 heteroatoms. The van der Waals surface area contributed by atoms with E-state index in [4.69, 9.17) is 9.47 Å². The highest BCUT2D eigenvalue weighted by atomic mass is 16.5. The number of methoxy groups -OCH3 is 2. The van der Waals surface area contributed by atoms with Crippen LogP contribution in [0.2, 0.25) is 0 Å². The summed E-state index contributed by atoms with van der Waals surface area (Å²) in [6.07, 6.45) is 2.28. The van der Waals surface area contributed by atoms with Crippen molar-refractivity contribution in [2.24, 2.45) is 11.8 Å². The number of carbonyl (C=O) groups excluding carboxylic acids is 2. The van der Waals surface area contributed by atoms with Crippen molar-refractivity contribution >= 4 is 11.8 Å². The minimum Gasteiger partial charge on any atom is -0.493 e. The lowest BCUT2D eigenvalue weighted by Crippen LogP contribution is -2.44. The van der Waals surface area contributed by atoms with E-state index in [0.717, 1.165) is 24.0 Å². The van der Waals surface area contributed by atoms with Crippen molar-refractivity contribution in [3.8, 4) is 11.5 Å². The second-order valence-electron chi connectivity index (χ2n) is 8.00. The van der Waals surface area contributed by atoms with Crippen molar-refractivity contribution < 1.29 is 19.1 Å². The zero-order valence-corrected chi connectivity index (χ0v) is 18.6. The number of hydrogen-bond donors (Lipinski definition) is 1. The van der Waals surface area contributed by atoms with Crippen molar-refractivity contribution in [2.45, 2.75) is 32.7 Å². The maximum Gasteiger partial charge on any atom is 0.253 e. The first-order valence-corrected chi connectivity index (χ1v) is 10.9. The molecule has 0 aliphatic carbocycles. The zero-order valence-electron chi connectivity index (χ0n) is 18.6. The second-order valence-corrected chi connectivity index (χ2v) is 8.00. The minimum absolute atomic E-state index is 0.0427. The predicted octanol–water partition coefficient (Wildman–Crippen LogP) is 3.90. The molecular formula is C25H32N2O4. The molecule has 1 aliphatic rings. The van der Waals surface area contributed by atoms with Crippen LogP contribution in [0.25, 0.3) is 0 Å². The number of amides is 2. The Labute approximate surface area is 184 Å². The van der Waals surface area contributed by atoms with E-state index in [9.17, 15) is 9.59 Å². The van der Waals surface area contributed by atoms with Gasteiger partial charge in [0.25, 0.3) is 5.91 Å². The quantitative estimate of drug-likeness (QED) is 0.698. The van der Waals surface area contributed by atoms with Gasteiger partial charge in [0.15, 0.2) is 11.5 Å². The first-order chi connectivity index (χ1) is 15.0. The van der Waals surface area contributed by atoms with Crippen molar-refractivity contribution in [3.05, 3.63) is 59.7 Å². The standard InChI is InChI=1S/C25H32N2O4/c1-4-19-17-27(25(29)20-8-6-5-7-9-20)13-12-21(19)15-24(28)26-16-18-10-11-22(30-2)23(14-18)31-3/h5-11,14,19,21H,4,12-13,15-17H2,1-3H3,(H,26,28)/t19-,21+/m1/s1. The van der Waals surface area contributed by atoms with E-state index in [1.807, 2.05) is 53.4 Å². The van der Waals surface area contributed by atoms with Gasteiger partial charge in [-0.25, -0.2) is 0 Å². The Hall–Kier alpha value is -3.02. The summed E-state index contributed by atoms with van der Waals surface area (Å²) in [5.41, 5.74) is 1.68. The number of carbonyl (C=O) groups is 2. The fourth-order valence-corrected chi connectivity index (χ4v) is 4.26. The number of hydrogen-bond acceptors (Lipinski definition) is 4. The van der Waals surface area contributed by atoms with Gasteiger partial charge in [-0.05, 0) is 48.1 Å². The van der Waals surface area contributed by atoms with Crippen molar-refractivity contribution in [1.29, 1.82) is 0 Å². The highest BCUT2D eigenvalue weighted by Crippen LogP contribution is 2.30. The molecule has 0 aromatic heterocycles. The minimum atomic E-state index is 0.0427. The third kappa shape index (κ3) is 5.78. The number of nitrogens with one attached hydrogen (secondary N) is 1. The average Bonchev–Trinajstić information content (AvgIpc) is 2.82. The lowest BCUT2D eigenvalue weighted by molar-refractivity contribution is -0.123.